The molecule has 3 nitrogen and oxygen atoms in total. The summed E-state index contributed by atoms with van der Waals surface area (Å²) >= 11 is 0. The highest BCUT2D eigenvalue weighted by atomic mass is 19.1. The number of aromatic nitrogens is 1. The Morgan fingerprint density at radius 2 is 1.90 bits per heavy atom. The van der Waals surface area contributed by atoms with Crippen LogP contribution in [0.1, 0.15) is 11.3 Å². The van der Waals surface area contributed by atoms with E-state index < -0.39 is 0 Å². The van der Waals surface area contributed by atoms with E-state index in [-0.39, 0.29) is 5.82 Å². The number of fused-ring (bicyclic) bond motifs is 1. The van der Waals surface area contributed by atoms with Crippen LogP contribution in [0.2, 0.25) is 0 Å². The largest absolute Gasteiger partial charge is 0.356 e. The van der Waals surface area contributed by atoms with Crippen LogP contribution in [0.15, 0.2) is 53.1 Å². The van der Waals surface area contributed by atoms with Gasteiger partial charge in [0.1, 0.15) is 11.5 Å². The molecule has 0 saturated carbocycles. The minimum absolute atomic E-state index is 0.308. The van der Waals surface area contributed by atoms with Crippen molar-refractivity contribution in [1.29, 1.82) is 0 Å². The fourth-order valence-corrected chi connectivity index (χ4v) is 2.28. The molecule has 0 fully saturated rings. The summed E-state index contributed by atoms with van der Waals surface area (Å²) in [7, 11) is 2.02. The number of nitrogens with zero attached hydrogens (tertiary/aromatic N) is 2. The lowest BCUT2D eigenvalue weighted by atomic mass is 10.2. The maximum atomic E-state index is 13.1. The van der Waals surface area contributed by atoms with Crippen molar-refractivity contribution in [2.45, 2.75) is 13.1 Å². The van der Waals surface area contributed by atoms with Crippen molar-refractivity contribution in [2.24, 2.45) is 0 Å². The second-order valence-electron chi connectivity index (χ2n) is 4.93. The minimum atomic E-state index is -0.308. The molecule has 0 aliphatic carbocycles. The molecule has 0 N–H and O–H groups in total. The summed E-state index contributed by atoms with van der Waals surface area (Å²) in [4.78, 5) is 2.15. The molecule has 0 bridgehead atoms. The van der Waals surface area contributed by atoms with Gasteiger partial charge >= 0.3 is 0 Å². The molecule has 0 radical (unpaired) electrons. The Labute approximate surface area is 116 Å². The van der Waals surface area contributed by atoms with Gasteiger partial charge in [0.05, 0.1) is 0 Å². The fraction of sp³-hybridized carbons (Fsp3) is 0.188. The number of hydrogen-bond acceptors (Lipinski definition) is 3. The monoisotopic (exact) mass is 270 g/mol. The first kappa shape index (κ1) is 12.8. The summed E-state index contributed by atoms with van der Waals surface area (Å²) in [6.45, 7) is 1.49. The molecule has 0 atom stereocenters. The Hall–Kier alpha value is -2.20. The van der Waals surface area contributed by atoms with Gasteiger partial charge in [-0.15, -0.1) is 0 Å². The van der Waals surface area contributed by atoms with Gasteiger partial charge in [-0.2, -0.15) is 0 Å². The van der Waals surface area contributed by atoms with Crippen LogP contribution in [-0.2, 0) is 13.1 Å². The highest BCUT2D eigenvalue weighted by Gasteiger charge is 2.11. The molecule has 2 aromatic carbocycles. The van der Waals surface area contributed by atoms with Gasteiger partial charge < -0.3 is 4.52 Å². The van der Waals surface area contributed by atoms with Crippen LogP contribution in [0.5, 0.6) is 0 Å². The third-order valence-corrected chi connectivity index (χ3v) is 3.22. The van der Waals surface area contributed by atoms with Gasteiger partial charge in [0.25, 0.3) is 0 Å². The molecular weight excluding hydrogens is 255 g/mol. The SMILES string of the molecule is CN(Cc1ccccc1)Cc1noc2cc(F)ccc12. The molecular formula is C16H15FN2O. The molecule has 3 rings (SSSR count). The Morgan fingerprint density at radius 3 is 2.70 bits per heavy atom. The van der Waals surface area contributed by atoms with Crippen molar-refractivity contribution in [1.82, 2.24) is 10.1 Å². The lowest BCUT2D eigenvalue weighted by Gasteiger charge is -2.15. The molecule has 1 aromatic heterocycles. The molecule has 0 aliphatic rings. The van der Waals surface area contributed by atoms with Crippen molar-refractivity contribution in [2.75, 3.05) is 7.05 Å². The van der Waals surface area contributed by atoms with E-state index in [4.69, 9.17) is 4.52 Å². The molecule has 0 amide bonds. The first-order valence-electron chi connectivity index (χ1n) is 6.48. The van der Waals surface area contributed by atoms with Crippen LogP contribution in [0, 0.1) is 5.82 Å². The Bertz CT molecular complexity index is 709. The van der Waals surface area contributed by atoms with E-state index >= 15 is 0 Å². The van der Waals surface area contributed by atoms with Gasteiger partial charge in [0.15, 0.2) is 5.58 Å². The lowest BCUT2D eigenvalue weighted by Crippen LogP contribution is -2.17. The third-order valence-electron chi connectivity index (χ3n) is 3.22. The Kier molecular flexibility index (Phi) is 3.48. The molecule has 0 aliphatic heterocycles. The average Bonchev–Trinajstić information content (AvgIpc) is 2.82. The average molecular weight is 270 g/mol. The zero-order chi connectivity index (χ0) is 13.9. The molecule has 0 saturated heterocycles. The van der Waals surface area contributed by atoms with Crippen LogP contribution in [0.4, 0.5) is 4.39 Å². The van der Waals surface area contributed by atoms with E-state index in [9.17, 15) is 4.39 Å². The summed E-state index contributed by atoms with van der Waals surface area (Å²) in [5.41, 5.74) is 2.57. The van der Waals surface area contributed by atoms with Crippen molar-refractivity contribution < 1.29 is 8.91 Å². The minimum Gasteiger partial charge on any atom is -0.356 e. The predicted octanol–water partition coefficient (Wildman–Crippen LogP) is 3.60. The summed E-state index contributed by atoms with van der Waals surface area (Å²) in [6.07, 6.45) is 0. The van der Waals surface area contributed by atoms with Gasteiger partial charge in [0, 0.05) is 24.5 Å². The summed E-state index contributed by atoms with van der Waals surface area (Å²) in [6, 6.07) is 14.7. The van der Waals surface area contributed by atoms with Crippen LogP contribution in [0.25, 0.3) is 11.0 Å². The Balaban J connectivity index is 1.76. The summed E-state index contributed by atoms with van der Waals surface area (Å²) < 4.78 is 18.3. The normalized spacial score (nSPS) is 11.3. The molecule has 1 heterocycles. The molecule has 4 heteroatoms. The van der Waals surface area contributed by atoms with Gasteiger partial charge in [-0.25, -0.2) is 4.39 Å². The topological polar surface area (TPSA) is 29.3 Å². The maximum absolute atomic E-state index is 13.1. The number of halogens is 1. The van der Waals surface area contributed by atoms with E-state index in [1.165, 1.54) is 17.7 Å². The molecule has 0 spiro atoms. The highest BCUT2D eigenvalue weighted by Crippen LogP contribution is 2.20. The highest BCUT2D eigenvalue weighted by molar-refractivity contribution is 5.79. The molecule has 3 aromatic rings. The van der Waals surface area contributed by atoms with Crippen molar-refractivity contribution in [3.05, 3.63) is 65.6 Å². The van der Waals surface area contributed by atoms with E-state index in [0.717, 1.165) is 17.6 Å². The van der Waals surface area contributed by atoms with Crippen molar-refractivity contribution in [3.63, 3.8) is 0 Å². The quantitative estimate of drug-likeness (QED) is 0.725. The second kappa shape index (κ2) is 5.43. The second-order valence-corrected chi connectivity index (χ2v) is 4.93. The summed E-state index contributed by atoms with van der Waals surface area (Å²) in [5, 5.41) is 4.90. The molecule has 20 heavy (non-hydrogen) atoms. The third kappa shape index (κ3) is 2.70. The van der Waals surface area contributed by atoms with E-state index in [2.05, 4.69) is 22.2 Å². The molecule has 102 valence electrons. The van der Waals surface area contributed by atoms with Crippen molar-refractivity contribution >= 4 is 11.0 Å². The zero-order valence-corrected chi connectivity index (χ0v) is 11.2. The first-order valence-corrected chi connectivity index (χ1v) is 6.48. The van der Waals surface area contributed by atoms with Gasteiger partial charge in [-0.3, -0.25) is 4.90 Å². The van der Waals surface area contributed by atoms with E-state index in [1.54, 1.807) is 6.07 Å². The van der Waals surface area contributed by atoms with E-state index in [0.29, 0.717) is 12.1 Å². The van der Waals surface area contributed by atoms with Gasteiger partial charge in [-0.05, 0) is 24.7 Å². The maximum Gasteiger partial charge on any atom is 0.170 e. The fourth-order valence-electron chi connectivity index (χ4n) is 2.28. The Morgan fingerprint density at radius 1 is 1.10 bits per heavy atom. The predicted molar refractivity (Wildman–Crippen MR) is 75.6 cm³/mol. The number of benzene rings is 2. The van der Waals surface area contributed by atoms with Gasteiger partial charge in [0.2, 0.25) is 0 Å². The number of rotatable bonds is 4. The molecule has 0 unspecified atom stereocenters. The standard InChI is InChI=1S/C16H15FN2O/c1-19(10-12-5-3-2-4-6-12)11-15-14-8-7-13(17)9-16(14)20-18-15/h2-9H,10-11H2,1H3. The van der Waals surface area contributed by atoms with Crippen molar-refractivity contribution in [3.8, 4) is 0 Å². The van der Waals surface area contributed by atoms with Crippen LogP contribution in [0.3, 0.4) is 0 Å². The zero-order valence-electron chi connectivity index (χ0n) is 11.2. The van der Waals surface area contributed by atoms with Crippen LogP contribution < -0.4 is 0 Å². The van der Waals surface area contributed by atoms with Gasteiger partial charge in [-0.1, -0.05) is 35.5 Å². The lowest BCUT2D eigenvalue weighted by molar-refractivity contribution is 0.306. The summed E-state index contributed by atoms with van der Waals surface area (Å²) in [5.74, 6) is -0.308. The smallest absolute Gasteiger partial charge is 0.170 e. The van der Waals surface area contributed by atoms with E-state index in [1.807, 2.05) is 25.2 Å². The van der Waals surface area contributed by atoms with Crippen LogP contribution in [-0.4, -0.2) is 17.1 Å². The first-order chi connectivity index (χ1) is 9.72. The van der Waals surface area contributed by atoms with Crippen LogP contribution >= 0.6 is 0 Å². The number of hydrogen-bond donors (Lipinski definition) is 0.